The van der Waals surface area contributed by atoms with Gasteiger partial charge in [0.05, 0.1) is 5.56 Å². The molecule has 0 fully saturated rings. The molecule has 0 aliphatic carbocycles. The SMILES string of the molecule is O=C1Nc2ncnc(Br)c2[C@H](C(F)F)O1. The summed E-state index contributed by atoms with van der Waals surface area (Å²) in [6.07, 6.45) is -4.25. The van der Waals surface area contributed by atoms with Crippen LogP contribution in [0.1, 0.15) is 11.7 Å². The number of amides is 1. The van der Waals surface area contributed by atoms with Gasteiger partial charge in [0.1, 0.15) is 16.7 Å². The van der Waals surface area contributed by atoms with Gasteiger partial charge in [0.2, 0.25) is 0 Å². The second-order valence-electron chi connectivity index (χ2n) is 2.71. The lowest BCUT2D eigenvalue weighted by Crippen LogP contribution is -2.29. The summed E-state index contributed by atoms with van der Waals surface area (Å²) >= 11 is 2.99. The van der Waals surface area contributed by atoms with Gasteiger partial charge in [-0.2, -0.15) is 0 Å². The minimum absolute atomic E-state index is 0.0402. The molecule has 0 unspecified atom stereocenters. The van der Waals surface area contributed by atoms with Gasteiger partial charge in [0, 0.05) is 0 Å². The molecule has 0 bridgehead atoms. The molecule has 8 heteroatoms. The Labute approximate surface area is 91.0 Å². The Bertz CT molecular complexity index is 415. The first-order chi connectivity index (χ1) is 7.09. The van der Waals surface area contributed by atoms with Crippen molar-refractivity contribution in [2.24, 2.45) is 0 Å². The molecular weight excluding hydrogens is 276 g/mol. The van der Waals surface area contributed by atoms with E-state index in [1.165, 1.54) is 0 Å². The lowest BCUT2D eigenvalue weighted by Gasteiger charge is -2.24. The number of cyclic esters (lactones) is 1. The number of hydrogen-bond acceptors (Lipinski definition) is 4. The molecule has 1 aliphatic heterocycles. The van der Waals surface area contributed by atoms with Crippen LogP contribution in [0.5, 0.6) is 0 Å². The summed E-state index contributed by atoms with van der Waals surface area (Å²) in [6, 6.07) is 0. The van der Waals surface area contributed by atoms with Crippen molar-refractivity contribution in [1.82, 2.24) is 9.97 Å². The molecule has 2 rings (SSSR count). The van der Waals surface area contributed by atoms with E-state index in [1.807, 2.05) is 0 Å². The molecule has 1 aromatic heterocycles. The van der Waals surface area contributed by atoms with Crippen LogP contribution >= 0.6 is 15.9 Å². The number of nitrogens with one attached hydrogen (secondary N) is 1. The number of fused-ring (bicyclic) bond motifs is 1. The first-order valence-corrected chi connectivity index (χ1v) is 4.65. The molecule has 15 heavy (non-hydrogen) atoms. The second kappa shape index (κ2) is 3.69. The largest absolute Gasteiger partial charge is 0.435 e. The summed E-state index contributed by atoms with van der Waals surface area (Å²) in [5.41, 5.74) is 0.0482. The zero-order valence-electron chi connectivity index (χ0n) is 7.08. The van der Waals surface area contributed by atoms with Gasteiger partial charge in [-0.3, -0.25) is 5.32 Å². The first kappa shape index (κ1) is 10.2. The van der Waals surface area contributed by atoms with Crippen molar-refractivity contribution >= 4 is 27.8 Å². The van der Waals surface area contributed by atoms with Crippen molar-refractivity contribution in [1.29, 1.82) is 0 Å². The van der Waals surface area contributed by atoms with Gasteiger partial charge in [-0.25, -0.2) is 23.5 Å². The molecular formula is C7H4BrF2N3O2. The summed E-state index contributed by atoms with van der Waals surface area (Å²) in [5, 5.41) is 2.21. The van der Waals surface area contributed by atoms with Crippen LogP contribution in [0, 0.1) is 0 Å². The van der Waals surface area contributed by atoms with Crippen LogP contribution in [0.15, 0.2) is 10.9 Å². The topological polar surface area (TPSA) is 64.1 Å². The third-order valence-electron chi connectivity index (χ3n) is 1.80. The molecule has 0 saturated heterocycles. The summed E-state index contributed by atoms with van der Waals surface area (Å²) in [4.78, 5) is 18.3. The fourth-order valence-electron chi connectivity index (χ4n) is 1.20. The van der Waals surface area contributed by atoms with Crippen LogP contribution < -0.4 is 5.32 Å². The van der Waals surface area contributed by atoms with Crippen LogP contribution in [0.4, 0.5) is 19.4 Å². The van der Waals surface area contributed by atoms with Gasteiger partial charge in [-0.1, -0.05) is 0 Å². The number of alkyl halides is 2. The fourth-order valence-corrected chi connectivity index (χ4v) is 1.71. The molecule has 1 atom stereocenters. The normalized spacial score (nSPS) is 19.5. The standard InChI is InChI=1S/C7H4BrF2N3O2/c8-4-2-3(5(9)10)15-7(14)13-6(2)12-1-11-4/h1,3,5H,(H,11,12,13,14)/t3-/m1/s1. The highest BCUT2D eigenvalue weighted by Crippen LogP contribution is 2.36. The molecule has 1 aromatic rings. The average Bonchev–Trinajstić information content (AvgIpc) is 2.16. The molecule has 0 saturated carbocycles. The molecule has 1 amide bonds. The van der Waals surface area contributed by atoms with E-state index in [1.54, 1.807) is 0 Å². The van der Waals surface area contributed by atoms with Gasteiger partial charge < -0.3 is 4.74 Å². The van der Waals surface area contributed by atoms with E-state index in [0.29, 0.717) is 0 Å². The van der Waals surface area contributed by atoms with E-state index in [4.69, 9.17) is 0 Å². The van der Waals surface area contributed by atoms with Gasteiger partial charge in [0.25, 0.3) is 6.43 Å². The number of rotatable bonds is 1. The van der Waals surface area contributed by atoms with Gasteiger partial charge in [-0.05, 0) is 15.9 Å². The van der Waals surface area contributed by atoms with Crippen LogP contribution in [-0.4, -0.2) is 22.5 Å². The van der Waals surface area contributed by atoms with Gasteiger partial charge >= 0.3 is 6.09 Å². The zero-order chi connectivity index (χ0) is 11.0. The maximum absolute atomic E-state index is 12.6. The van der Waals surface area contributed by atoms with E-state index in [-0.39, 0.29) is 16.0 Å². The van der Waals surface area contributed by atoms with Crippen LogP contribution in [0.3, 0.4) is 0 Å². The molecule has 80 valence electrons. The number of hydrogen-bond donors (Lipinski definition) is 1. The van der Waals surface area contributed by atoms with E-state index in [0.717, 1.165) is 6.33 Å². The third-order valence-corrected chi connectivity index (χ3v) is 2.44. The first-order valence-electron chi connectivity index (χ1n) is 3.85. The third kappa shape index (κ3) is 1.76. The smallest absolute Gasteiger partial charge is 0.413 e. The second-order valence-corrected chi connectivity index (χ2v) is 3.46. The maximum atomic E-state index is 12.6. The van der Waals surface area contributed by atoms with E-state index in [9.17, 15) is 13.6 Å². The number of ether oxygens (including phenoxy) is 1. The highest BCUT2D eigenvalue weighted by molar-refractivity contribution is 9.10. The van der Waals surface area contributed by atoms with Crippen molar-refractivity contribution in [3.63, 3.8) is 0 Å². The fraction of sp³-hybridized carbons (Fsp3) is 0.286. The molecule has 0 spiro atoms. The Kier molecular flexibility index (Phi) is 2.51. The molecule has 0 aromatic carbocycles. The van der Waals surface area contributed by atoms with Crippen LogP contribution in [-0.2, 0) is 4.74 Å². The Balaban J connectivity index is 2.52. The highest BCUT2D eigenvalue weighted by atomic mass is 79.9. The molecule has 1 aliphatic rings. The summed E-state index contributed by atoms with van der Waals surface area (Å²) < 4.78 is 29.8. The molecule has 0 radical (unpaired) electrons. The number of nitrogens with zero attached hydrogens (tertiary/aromatic N) is 2. The van der Waals surface area contributed by atoms with E-state index < -0.39 is 18.6 Å². The minimum atomic E-state index is -2.82. The molecule has 2 heterocycles. The lowest BCUT2D eigenvalue weighted by atomic mass is 10.1. The Morgan fingerprint density at radius 1 is 1.53 bits per heavy atom. The van der Waals surface area contributed by atoms with Gasteiger partial charge in [-0.15, -0.1) is 0 Å². The van der Waals surface area contributed by atoms with Crippen LogP contribution in [0.25, 0.3) is 0 Å². The highest BCUT2D eigenvalue weighted by Gasteiger charge is 2.36. The van der Waals surface area contributed by atoms with Crippen molar-refractivity contribution in [2.75, 3.05) is 5.32 Å². The number of carbonyl (C=O) groups excluding carboxylic acids is 1. The average molecular weight is 280 g/mol. The Morgan fingerprint density at radius 3 is 2.93 bits per heavy atom. The summed E-state index contributed by atoms with van der Waals surface area (Å²) in [5.74, 6) is 0.0402. The summed E-state index contributed by atoms with van der Waals surface area (Å²) in [7, 11) is 0. The quantitative estimate of drug-likeness (QED) is 0.800. The maximum Gasteiger partial charge on any atom is 0.413 e. The van der Waals surface area contributed by atoms with Crippen molar-refractivity contribution < 1.29 is 18.3 Å². The van der Waals surface area contributed by atoms with Crippen LogP contribution in [0.2, 0.25) is 0 Å². The minimum Gasteiger partial charge on any atom is -0.435 e. The van der Waals surface area contributed by atoms with Crippen molar-refractivity contribution in [2.45, 2.75) is 12.5 Å². The monoisotopic (exact) mass is 279 g/mol. The summed E-state index contributed by atoms with van der Waals surface area (Å²) in [6.45, 7) is 0. The van der Waals surface area contributed by atoms with Crippen molar-refractivity contribution in [3.8, 4) is 0 Å². The molecule has 1 N–H and O–H groups in total. The predicted molar refractivity (Wildman–Crippen MR) is 48.6 cm³/mol. The number of anilines is 1. The number of carbonyl (C=O) groups is 1. The lowest BCUT2D eigenvalue weighted by molar-refractivity contribution is -0.0177. The number of halogens is 3. The van der Waals surface area contributed by atoms with E-state index >= 15 is 0 Å². The van der Waals surface area contributed by atoms with Crippen molar-refractivity contribution in [3.05, 3.63) is 16.5 Å². The van der Waals surface area contributed by atoms with Gasteiger partial charge in [0.15, 0.2) is 6.10 Å². The number of aromatic nitrogens is 2. The Hall–Kier alpha value is -1.31. The van der Waals surface area contributed by atoms with E-state index in [2.05, 4.69) is 36.0 Å². The zero-order valence-corrected chi connectivity index (χ0v) is 8.66. The molecule has 5 nitrogen and oxygen atoms in total. The Morgan fingerprint density at radius 2 is 2.27 bits per heavy atom. The predicted octanol–water partition coefficient (Wildman–Crippen LogP) is 2.11.